The van der Waals surface area contributed by atoms with E-state index in [1.54, 1.807) is 0 Å². The molecule has 2 nitrogen and oxygen atoms in total. The van der Waals surface area contributed by atoms with Gasteiger partial charge in [-0.25, -0.2) is 0 Å². The van der Waals surface area contributed by atoms with Crippen molar-refractivity contribution in [2.45, 2.75) is 44.4 Å². The van der Waals surface area contributed by atoms with Crippen LogP contribution in [0, 0.1) is 0 Å². The third-order valence-corrected chi connectivity index (χ3v) is 4.50. The zero-order chi connectivity index (χ0) is 13.7. The van der Waals surface area contributed by atoms with Gasteiger partial charge < -0.3 is 10.6 Å². The Balaban J connectivity index is 2.09. The number of nitrogens with two attached hydrogens (primary N) is 1. The van der Waals surface area contributed by atoms with Crippen molar-refractivity contribution >= 4 is 0 Å². The summed E-state index contributed by atoms with van der Waals surface area (Å²) in [5.74, 6) is 1.33. The van der Waals surface area contributed by atoms with Crippen molar-refractivity contribution in [3.05, 3.63) is 35.4 Å². The Labute approximate surface area is 118 Å². The number of nitrogens with zero attached hydrogens (tertiary/aromatic N) is 1. The first-order valence-corrected chi connectivity index (χ1v) is 7.69. The third kappa shape index (κ3) is 4.05. The van der Waals surface area contributed by atoms with Crippen LogP contribution in [0.1, 0.15) is 55.6 Å². The molecule has 2 heteroatoms. The zero-order valence-electron chi connectivity index (χ0n) is 12.4. The Hall–Kier alpha value is -0.860. The Morgan fingerprint density at radius 1 is 1.32 bits per heavy atom. The first-order valence-electron chi connectivity index (χ1n) is 7.69. The quantitative estimate of drug-likeness (QED) is 0.899. The van der Waals surface area contributed by atoms with Crippen molar-refractivity contribution in [1.82, 2.24) is 4.90 Å². The average molecular weight is 260 g/mol. The molecule has 0 aliphatic carbocycles. The molecule has 0 amide bonds. The lowest BCUT2D eigenvalue weighted by atomic mass is 9.88. The molecule has 0 spiro atoms. The van der Waals surface area contributed by atoms with E-state index in [0.717, 1.165) is 18.9 Å². The van der Waals surface area contributed by atoms with Gasteiger partial charge in [0.2, 0.25) is 0 Å². The predicted molar refractivity (Wildman–Crippen MR) is 82.6 cm³/mol. The molecule has 2 rings (SSSR count). The summed E-state index contributed by atoms with van der Waals surface area (Å²) in [5, 5.41) is 0. The highest BCUT2D eigenvalue weighted by Crippen LogP contribution is 2.30. The summed E-state index contributed by atoms with van der Waals surface area (Å²) < 4.78 is 0. The van der Waals surface area contributed by atoms with Gasteiger partial charge in [-0.2, -0.15) is 0 Å². The fourth-order valence-electron chi connectivity index (χ4n) is 3.11. The highest BCUT2D eigenvalue weighted by molar-refractivity contribution is 5.29. The monoisotopic (exact) mass is 260 g/mol. The van der Waals surface area contributed by atoms with Gasteiger partial charge in [0.25, 0.3) is 0 Å². The molecule has 1 heterocycles. The van der Waals surface area contributed by atoms with Crippen LogP contribution in [0.4, 0.5) is 0 Å². The summed E-state index contributed by atoms with van der Waals surface area (Å²) in [6.07, 6.45) is 5.03. The molecule has 106 valence electrons. The Kier molecular flexibility index (Phi) is 5.41. The van der Waals surface area contributed by atoms with E-state index in [1.165, 1.54) is 43.5 Å². The van der Waals surface area contributed by atoms with Gasteiger partial charge in [-0.05, 0) is 75.3 Å². The highest BCUT2D eigenvalue weighted by atomic mass is 15.1. The van der Waals surface area contributed by atoms with Gasteiger partial charge in [0.1, 0.15) is 0 Å². The van der Waals surface area contributed by atoms with Crippen molar-refractivity contribution in [3.63, 3.8) is 0 Å². The number of benzene rings is 1. The summed E-state index contributed by atoms with van der Waals surface area (Å²) >= 11 is 0. The molecule has 1 aromatic carbocycles. The molecule has 0 saturated carbocycles. The molecule has 0 aromatic heterocycles. The minimum atomic E-state index is 0.582. The van der Waals surface area contributed by atoms with Crippen LogP contribution in [-0.2, 0) is 0 Å². The summed E-state index contributed by atoms with van der Waals surface area (Å²) in [6, 6.07) is 9.23. The van der Waals surface area contributed by atoms with Crippen LogP contribution in [0.15, 0.2) is 24.3 Å². The first kappa shape index (κ1) is 14.5. The van der Waals surface area contributed by atoms with E-state index in [-0.39, 0.29) is 0 Å². The van der Waals surface area contributed by atoms with Crippen molar-refractivity contribution in [3.8, 4) is 0 Å². The van der Waals surface area contributed by atoms with Crippen LogP contribution >= 0.6 is 0 Å². The van der Waals surface area contributed by atoms with Crippen LogP contribution in [0.3, 0.4) is 0 Å². The molecule has 1 aromatic rings. The molecule has 19 heavy (non-hydrogen) atoms. The van der Waals surface area contributed by atoms with E-state index in [2.05, 4.69) is 43.1 Å². The molecule has 1 aliphatic heterocycles. The van der Waals surface area contributed by atoms with Gasteiger partial charge in [0.05, 0.1) is 0 Å². The second kappa shape index (κ2) is 7.06. The maximum Gasteiger partial charge on any atom is -0.00160 e. The van der Waals surface area contributed by atoms with Gasteiger partial charge in [-0.3, -0.25) is 0 Å². The zero-order valence-corrected chi connectivity index (χ0v) is 12.4. The maximum absolute atomic E-state index is 5.68. The Morgan fingerprint density at radius 2 is 2.16 bits per heavy atom. The molecular weight excluding hydrogens is 232 g/mol. The van der Waals surface area contributed by atoms with Gasteiger partial charge in [-0.1, -0.05) is 31.2 Å². The largest absolute Gasteiger partial charge is 0.330 e. The van der Waals surface area contributed by atoms with Gasteiger partial charge in [0, 0.05) is 0 Å². The van der Waals surface area contributed by atoms with Gasteiger partial charge >= 0.3 is 0 Å². The standard InChI is InChI=1S/C17H28N2/c1-14(8-10-18)16-5-3-6-17(13-16)15-7-4-11-19(2)12-9-15/h3,5-6,13-15H,4,7-12,18H2,1-2H3. The van der Waals surface area contributed by atoms with Crippen molar-refractivity contribution < 1.29 is 0 Å². The lowest BCUT2D eigenvalue weighted by Gasteiger charge is -2.18. The van der Waals surface area contributed by atoms with Crippen LogP contribution in [-0.4, -0.2) is 31.6 Å². The molecule has 1 fully saturated rings. The van der Waals surface area contributed by atoms with E-state index >= 15 is 0 Å². The summed E-state index contributed by atoms with van der Waals surface area (Å²) in [6.45, 7) is 5.54. The predicted octanol–water partition coefficient (Wildman–Crippen LogP) is 3.34. The topological polar surface area (TPSA) is 29.3 Å². The fourth-order valence-corrected chi connectivity index (χ4v) is 3.11. The molecule has 1 aliphatic rings. The SMILES string of the molecule is CC(CCN)c1cccc(C2CCCN(C)CC2)c1. The van der Waals surface area contributed by atoms with Crippen molar-refractivity contribution in [1.29, 1.82) is 0 Å². The third-order valence-electron chi connectivity index (χ3n) is 4.50. The normalized spacial score (nSPS) is 23.0. The number of likely N-dealkylation sites (tertiary alicyclic amines) is 1. The van der Waals surface area contributed by atoms with E-state index in [9.17, 15) is 0 Å². The van der Waals surface area contributed by atoms with Crippen molar-refractivity contribution in [2.24, 2.45) is 5.73 Å². The second-order valence-corrected chi connectivity index (χ2v) is 6.08. The molecule has 0 radical (unpaired) electrons. The van der Waals surface area contributed by atoms with Gasteiger partial charge in [0.15, 0.2) is 0 Å². The number of rotatable bonds is 4. The molecular formula is C17H28N2. The Morgan fingerprint density at radius 3 is 2.95 bits per heavy atom. The van der Waals surface area contributed by atoms with Crippen LogP contribution in [0.2, 0.25) is 0 Å². The lowest BCUT2D eigenvalue weighted by Crippen LogP contribution is -2.18. The molecule has 2 atom stereocenters. The molecule has 2 unspecified atom stereocenters. The first-order chi connectivity index (χ1) is 9.20. The van der Waals surface area contributed by atoms with E-state index in [0.29, 0.717) is 5.92 Å². The van der Waals surface area contributed by atoms with Gasteiger partial charge in [-0.15, -0.1) is 0 Å². The molecule has 2 N–H and O–H groups in total. The summed E-state index contributed by atoms with van der Waals surface area (Å²) in [4.78, 5) is 2.46. The smallest absolute Gasteiger partial charge is 0.00160 e. The summed E-state index contributed by atoms with van der Waals surface area (Å²) in [7, 11) is 2.24. The second-order valence-electron chi connectivity index (χ2n) is 6.08. The lowest BCUT2D eigenvalue weighted by molar-refractivity contribution is 0.347. The van der Waals surface area contributed by atoms with E-state index < -0.39 is 0 Å². The van der Waals surface area contributed by atoms with Crippen LogP contribution in [0.25, 0.3) is 0 Å². The average Bonchev–Trinajstić information content (AvgIpc) is 2.64. The van der Waals surface area contributed by atoms with Crippen LogP contribution < -0.4 is 5.73 Å². The highest BCUT2D eigenvalue weighted by Gasteiger charge is 2.17. The number of hydrogen-bond donors (Lipinski definition) is 1. The molecule has 1 saturated heterocycles. The summed E-state index contributed by atoms with van der Waals surface area (Å²) in [5.41, 5.74) is 8.68. The molecule has 0 bridgehead atoms. The van der Waals surface area contributed by atoms with E-state index in [1.807, 2.05) is 0 Å². The van der Waals surface area contributed by atoms with E-state index in [4.69, 9.17) is 5.73 Å². The maximum atomic E-state index is 5.68. The number of hydrogen-bond acceptors (Lipinski definition) is 2. The van der Waals surface area contributed by atoms with Crippen LogP contribution in [0.5, 0.6) is 0 Å². The minimum Gasteiger partial charge on any atom is -0.330 e. The Bertz CT molecular complexity index is 389. The van der Waals surface area contributed by atoms with Crippen molar-refractivity contribution in [2.75, 3.05) is 26.7 Å². The minimum absolute atomic E-state index is 0.582. The fraction of sp³-hybridized carbons (Fsp3) is 0.647.